The van der Waals surface area contributed by atoms with E-state index >= 15 is 0 Å². The van der Waals surface area contributed by atoms with Gasteiger partial charge in [0.1, 0.15) is 5.78 Å². The van der Waals surface area contributed by atoms with Gasteiger partial charge in [-0.3, -0.25) is 24.0 Å². The molecular formula is C31H42O7. The first-order valence-electron chi connectivity index (χ1n) is 13.8. The number of ketones is 4. The number of esters is 1. The van der Waals surface area contributed by atoms with Crippen LogP contribution in [0.4, 0.5) is 0 Å². The molecule has 0 aromatic rings. The minimum absolute atomic E-state index is 0.00718. The summed E-state index contributed by atoms with van der Waals surface area (Å²) in [4.78, 5) is 66.4. The molecule has 0 aromatic heterocycles. The van der Waals surface area contributed by atoms with Gasteiger partial charge < -0.3 is 9.84 Å². The van der Waals surface area contributed by atoms with Gasteiger partial charge in [-0.1, -0.05) is 40.2 Å². The molecule has 1 N–H and O–H groups in total. The fourth-order valence-electron chi connectivity index (χ4n) is 8.61. The Balaban J connectivity index is 1.78. The lowest BCUT2D eigenvalue weighted by Gasteiger charge is -2.59. The average Bonchev–Trinajstić information content (AvgIpc) is 3.03. The van der Waals surface area contributed by atoms with Crippen molar-refractivity contribution < 1.29 is 33.8 Å². The van der Waals surface area contributed by atoms with E-state index in [9.17, 15) is 29.1 Å². The van der Waals surface area contributed by atoms with Crippen molar-refractivity contribution in [1.29, 1.82) is 0 Å². The summed E-state index contributed by atoms with van der Waals surface area (Å²) in [6.45, 7) is 13.2. The maximum Gasteiger partial charge on any atom is 0.308 e. The summed E-state index contributed by atoms with van der Waals surface area (Å²) < 4.78 is 4.72. The lowest BCUT2D eigenvalue weighted by atomic mass is 9.43. The second-order valence-electron chi connectivity index (χ2n) is 13.5. The van der Waals surface area contributed by atoms with E-state index in [0.29, 0.717) is 29.6 Å². The van der Waals surface area contributed by atoms with Gasteiger partial charge in [0, 0.05) is 42.2 Å². The Morgan fingerprint density at radius 3 is 2.29 bits per heavy atom. The third-order valence-electron chi connectivity index (χ3n) is 11.2. The standard InChI is InChI=1S/C31H42O7/c1-16(11-18(32)12-17(2)27(37)38-8)19-13-24(36)31(7)26-20(33)14-22-28(3,4)23(35)9-10-29(22,5)25(26)21(34)15-30(19,31)6/h11,17,19,22-23,35H,9-10,12-15H2,1-8H3/b16-11+/t17-,19-,22+,23+,29+,30-,31+/m1/s1. The number of methoxy groups -OCH3 is 1. The number of carbonyl (C=O) groups is 5. The number of allylic oxidation sites excluding steroid dienone is 4. The summed E-state index contributed by atoms with van der Waals surface area (Å²) in [7, 11) is 1.28. The number of carbonyl (C=O) groups excluding carboxylic acids is 5. The number of hydrogen-bond acceptors (Lipinski definition) is 7. The van der Waals surface area contributed by atoms with Crippen molar-refractivity contribution >= 4 is 29.1 Å². The van der Waals surface area contributed by atoms with Crippen molar-refractivity contribution in [2.75, 3.05) is 7.11 Å². The van der Waals surface area contributed by atoms with Crippen LogP contribution in [0.3, 0.4) is 0 Å². The number of hydrogen-bond donors (Lipinski definition) is 1. The summed E-state index contributed by atoms with van der Waals surface area (Å²) in [6, 6.07) is 0. The summed E-state index contributed by atoms with van der Waals surface area (Å²) in [5.41, 5.74) is -1.52. The number of Topliss-reactive ketones (excluding diaryl/α,β-unsaturated/α-hetero) is 3. The minimum atomic E-state index is -1.14. The second kappa shape index (κ2) is 9.07. The molecule has 4 rings (SSSR count). The zero-order valence-electron chi connectivity index (χ0n) is 24.0. The Morgan fingerprint density at radius 2 is 1.68 bits per heavy atom. The number of aliphatic hydroxyl groups excluding tert-OH is 1. The molecule has 0 radical (unpaired) electrons. The molecular weight excluding hydrogens is 484 g/mol. The predicted octanol–water partition coefficient (Wildman–Crippen LogP) is 4.35. The molecule has 0 heterocycles. The number of fused-ring (bicyclic) bond motifs is 4. The third-order valence-corrected chi connectivity index (χ3v) is 11.2. The van der Waals surface area contributed by atoms with Crippen molar-refractivity contribution in [3.8, 4) is 0 Å². The monoisotopic (exact) mass is 526 g/mol. The first-order chi connectivity index (χ1) is 17.5. The fraction of sp³-hybridized carbons (Fsp3) is 0.710. The van der Waals surface area contributed by atoms with Crippen LogP contribution in [0, 0.1) is 39.4 Å². The van der Waals surface area contributed by atoms with E-state index in [-0.39, 0.29) is 60.7 Å². The van der Waals surface area contributed by atoms with Crippen LogP contribution in [0.2, 0.25) is 0 Å². The molecule has 2 fully saturated rings. The lowest BCUT2D eigenvalue weighted by molar-refractivity contribution is -0.146. The summed E-state index contributed by atoms with van der Waals surface area (Å²) >= 11 is 0. The molecule has 2 saturated carbocycles. The Labute approximate surface area is 225 Å². The van der Waals surface area contributed by atoms with Gasteiger partial charge in [0.25, 0.3) is 0 Å². The zero-order chi connectivity index (χ0) is 28.6. The van der Waals surface area contributed by atoms with Gasteiger partial charge >= 0.3 is 5.97 Å². The lowest BCUT2D eigenvalue weighted by Crippen LogP contribution is -2.59. The van der Waals surface area contributed by atoms with E-state index < -0.39 is 39.7 Å². The molecule has 0 amide bonds. The molecule has 0 aromatic carbocycles. The van der Waals surface area contributed by atoms with Crippen LogP contribution in [0.5, 0.6) is 0 Å². The van der Waals surface area contributed by atoms with Crippen LogP contribution in [-0.2, 0) is 28.7 Å². The molecule has 208 valence electrons. The molecule has 0 aliphatic heterocycles. The van der Waals surface area contributed by atoms with Crippen LogP contribution in [0.1, 0.15) is 87.0 Å². The van der Waals surface area contributed by atoms with E-state index in [0.717, 1.165) is 0 Å². The Morgan fingerprint density at radius 1 is 1.05 bits per heavy atom. The SMILES string of the molecule is COC(=O)[C@H](C)CC(=O)/C=C(\C)[C@H]1CC(=O)[C@@]2(C)C3=C(C(=O)C[C@]12C)[C@@]1(C)CC[C@H](O)C(C)(C)[C@@H]1CC3=O. The Bertz CT molecular complexity index is 1190. The van der Waals surface area contributed by atoms with Gasteiger partial charge in [-0.2, -0.15) is 0 Å². The molecule has 7 atom stereocenters. The fourth-order valence-corrected chi connectivity index (χ4v) is 8.61. The van der Waals surface area contributed by atoms with Crippen LogP contribution in [0.15, 0.2) is 22.8 Å². The van der Waals surface area contributed by atoms with Crippen LogP contribution >= 0.6 is 0 Å². The molecule has 7 nitrogen and oxygen atoms in total. The number of aliphatic hydroxyl groups is 1. The van der Waals surface area contributed by atoms with Crippen molar-refractivity contribution in [3.63, 3.8) is 0 Å². The van der Waals surface area contributed by atoms with Crippen LogP contribution < -0.4 is 0 Å². The van der Waals surface area contributed by atoms with Crippen molar-refractivity contribution in [1.82, 2.24) is 0 Å². The van der Waals surface area contributed by atoms with E-state index in [1.807, 2.05) is 34.6 Å². The molecule has 0 unspecified atom stereocenters. The second-order valence-corrected chi connectivity index (χ2v) is 13.5. The van der Waals surface area contributed by atoms with Gasteiger partial charge in [0.2, 0.25) is 0 Å². The van der Waals surface area contributed by atoms with E-state index in [4.69, 9.17) is 4.74 Å². The summed E-state index contributed by atoms with van der Waals surface area (Å²) in [5.74, 6) is -2.17. The highest BCUT2D eigenvalue weighted by molar-refractivity contribution is 6.16. The summed E-state index contributed by atoms with van der Waals surface area (Å²) in [5, 5.41) is 10.8. The van der Waals surface area contributed by atoms with E-state index in [2.05, 4.69) is 0 Å². The third kappa shape index (κ3) is 3.75. The van der Waals surface area contributed by atoms with Crippen LogP contribution in [0.25, 0.3) is 0 Å². The van der Waals surface area contributed by atoms with Gasteiger partial charge in [-0.15, -0.1) is 0 Å². The van der Waals surface area contributed by atoms with Gasteiger partial charge in [0.15, 0.2) is 17.3 Å². The largest absolute Gasteiger partial charge is 0.469 e. The average molecular weight is 527 g/mol. The molecule has 0 bridgehead atoms. The van der Waals surface area contributed by atoms with Crippen molar-refractivity contribution in [2.45, 2.75) is 93.1 Å². The van der Waals surface area contributed by atoms with Gasteiger partial charge in [0.05, 0.1) is 24.5 Å². The van der Waals surface area contributed by atoms with Crippen LogP contribution in [-0.4, -0.2) is 47.4 Å². The maximum absolute atomic E-state index is 14.0. The normalized spacial score (nSPS) is 39.3. The van der Waals surface area contributed by atoms with E-state index in [1.54, 1.807) is 13.8 Å². The topological polar surface area (TPSA) is 115 Å². The molecule has 0 spiro atoms. The Hall–Kier alpha value is -2.41. The first kappa shape index (κ1) is 28.6. The van der Waals surface area contributed by atoms with Crippen molar-refractivity contribution in [2.24, 2.45) is 39.4 Å². The molecule has 4 aliphatic carbocycles. The Kier molecular flexibility index (Phi) is 6.83. The molecule has 38 heavy (non-hydrogen) atoms. The minimum Gasteiger partial charge on any atom is -0.469 e. The maximum atomic E-state index is 14.0. The zero-order valence-corrected chi connectivity index (χ0v) is 24.0. The van der Waals surface area contributed by atoms with Gasteiger partial charge in [-0.25, -0.2) is 0 Å². The number of rotatable bonds is 5. The quantitative estimate of drug-likeness (QED) is 0.418. The highest BCUT2D eigenvalue weighted by Crippen LogP contribution is 2.69. The highest BCUT2D eigenvalue weighted by Gasteiger charge is 2.70. The smallest absolute Gasteiger partial charge is 0.308 e. The molecule has 7 heteroatoms. The highest BCUT2D eigenvalue weighted by atomic mass is 16.5. The van der Waals surface area contributed by atoms with Gasteiger partial charge in [-0.05, 0) is 55.4 Å². The predicted molar refractivity (Wildman–Crippen MR) is 141 cm³/mol. The summed E-state index contributed by atoms with van der Waals surface area (Å²) in [6.07, 6.45) is 2.54. The molecule has 0 saturated heterocycles. The first-order valence-corrected chi connectivity index (χ1v) is 13.8. The van der Waals surface area contributed by atoms with E-state index in [1.165, 1.54) is 13.2 Å². The molecule has 4 aliphatic rings. The number of ether oxygens (including phenoxy) is 1. The van der Waals surface area contributed by atoms with Crippen molar-refractivity contribution in [3.05, 3.63) is 22.8 Å².